The summed E-state index contributed by atoms with van der Waals surface area (Å²) in [7, 11) is 1.43. The highest BCUT2D eigenvalue weighted by molar-refractivity contribution is 5.79. The first-order valence-corrected chi connectivity index (χ1v) is 7.19. The molecule has 1 heterocycles. The average Bonchev–Trinajstić information content (AvgIpc) is 2.47. The fourth-order valence-corrected chi connectivity index (χ4v) is 2.75. The van der Waals surface area contributed by atoms with E-state index in [2.05, 4.69) is 34.5 Å². The van der Waals surface area contributed by atoms with Crippen molar-refractivity contribution in [2.24, 2.45) is 0 Å². The lowest BCUT2D eigenvalue weighted by atomic mass is 9.98. The number of para-hydroxylation sites is 1. The number of benzene rings is 1. The van der Waals surface area contributed by atoms with Gasteiger partial charge in [0.15, 0.2) is 0 Å². The van der Waals surface area contributed by atoms with Gasteiger partial charge in [0.2, 0.25) is 0 Å². The molecule has 1 aromatic carbocycles. The summed E-state index contributed by atoms with van der Waals surface area (Å²) in [5.41, 5.74) is 0.659. The number of anilines is 1. The first kappa shape index (κ1) is 14.9. The number of ether oxygens (including phenoxy) is 1. The molecule has 4 heteroatoms. The Morgan fingerprint density at radius 1 is 1.25 bits per heavy atom. The molecule has 0 amide bonds. The van der Waals surface area contributed by atoms with E-state index in [1.807, 2.05) is 19.9 Å². The van der Waals surface area contributed by atoms with Crippen molar-refractivity contribution in [1.82, 2.24) is 5.32 Å². The molecule has 0 unspecified atom stereocenters. The second-order valence-electron chi connectivity index (χ2n) is 5.86. The van der Waals surface area contributed by atoms with E-state index in [0.717, 1.165) is 25.9 Å². The Labute approximate surface area is 121 Å². The molecule has 1 aliphatic rings. The lowest BCUT2D eigenvalue weighted by Crippen LogP contribution is -2.55. The van der Waals surface area contributed by atoms with Crippen molar-refractivity contribution in [2.75, 3.05) is 25.1 Å². The molecule has 0 saturated carbocycles. The second kappa shape index (κ2) is 6.27. The normalized spacial score (nSPS) is 17.1. The molecule has 0 atom stereocenters. The molecule has 4 nitrogen and oxygen atoms in total. The maximum atomic E-state index is 11.7. The van der Waals surface area contributed by atoms with Gasteiger partial charge in [0.1, 0.15) is 5.54 Å². The highest BCUT2D eigenvalue weighted by Gasteiger charge is 2.32. The van der Waals surface area contributed by atoms with Crippen LogP contribution in [0, 0.1) is 0 Å². The van der Waals surface area contributed by atoms with Gasteiger partial charge in [-0.25, -0.2) is 0 Å². The van der Waals surface area contributed by atoms with Gasteiger partial charge in [0, 0.05) is 24.8 Å². The lowest BCUT2D eigenvalue weighted by molar-refractivity contribution is -0.147. The Hall–Kier alpha value is -1.55. The predicted octanol–water partition coefficient (Wildman–Crippen LogP) is 2.20. The van der Waals surface area contributed by atoms with Crippen LogP contribution in [-0.4, -0.2) is 37.7 Å². The summed E-state index contributed by atoms with van der Waals surface area (Å²) in [5, 5.41) is 3.42. The van der Waals surface area contributed by atoms with Crippen LogP contribution in [0.25, 0.3) is 0 Å². The number of carbonyl (C=O) groups is 1. The van der Waals surface area contributed by atoms with E-state index in [-0.39, 0.29) is 5.97 Å². The molecule has 20 heavy (non-hydrogen) atoms. The van der Waals surface area contributed by atoms with Crippen LogP contribution in [0.1, 0.15) is 26.7 Å². The molecule has 1 saturated heterocycles. The van der Waals surface area contributed by atoms with Crippen molar-refractivity contribution in [3.05, 3.63) is 30.3 Å². The second-order valence-corrected chi connectivity index (χ2v) is 5.86. The number of rotatable bonds is 4. The molecule has 1 fully saturated rings. The maximum absolute atomic E-state index is 11.7. The topological polar surface area (TPSA) is 41.6 Å². The van der Waals surface area contributed by atoms with Crippen LogP contribution in [0.3, 0.4) is 0 Å². The Balaban J connectivity index is 1.87. The van der Waals surface area contributed by atoms with Crippen LogP contribution in [0.2, 0.25) is 0 Å². The fourth-order valence-electron chi connectivity index (χ4n) is 2.75. The molecule has 0 radical (unpaired) electrons. The minimum atomic E-state index is -0.617. The third-order valence-electron chi connectivity index (χ3n) is 3.88. The van der Waals surface area contributed by atoms with E-state index >= 15 is 0 Å². The summed E-state index contributed by atoms with van der Waals surface area (Å²) in [6.45, 7) is 5.78. The quantitative estimate of drug-likeness (QED) is 0.856. The Kier molecular flexibility index (Phi) is 4.65. The molecule has 0 bridgehead atoms. The lowest BCUT2D eigenvalue weighted by Gasteiger charge is -2.37. The number of hydrogen-bond acceptors (Lipinski definition) is 4. The standard InChI is InChI=1S/C16H24N2O2/c1-16(2,15(19)20-3)17-13-9-11-18(12-10-13)14-7-5-4-6-8-14/h4-8,13,17H,9-12H2,1-3H3. The summed E-state index contributed by atoms with van der Waals surface area (Å²) in [5.74, 6) is -0.206. The summed E-state index contributed by atoms with van der Waals surface area (Å²) in [4.78, 5) is 14.1. The van der Waals surface area contributed by atoms with Crippen molar-refractivity contribution >= 4 is 11.7 Å². The Morgan fingerprint density at radius 2 is 1.85 bits per heavy atom. The fraction of sp³-hybridized carbons (Fsp3) is 0.562. The SMILES string of the molecule is COC(=O)C(C)(C)NC1CCN(c2ccccc2)CC1. The molecule has 0 aromatic heterocycles. The van der Waals surface area contributed by atoms with Gasteiger partial charge in [-0.1, -0.05) is 18.2 Å². The van der Waals surface area contributed by atoms with Gasteiger partial charge >= 0.3 is 5.97 Å². The Morgan fingerprint density at radius 3 is 2.40 bits per heavy atom. The molecule has 2 rings (SSSR count). The number of methoxy groups -OCH3 is 1. The first-order valence-electron chi connectivity index (χ1n) is 7.19. The van der Waals surface area contributed by atoms with Gasteiger partial charge in [0.05, 0.1) is 7.11 Å². The van der Waals surface area contributed by atoms with Gasteiger partial charge in [0.25, 0.3) is 0 Å². The van der Waals surface area contributed by atoms with Crippen molar-refractivity contribution in [1.29, 1.82) is 0 Å². The van der Waals surface area contributed by atoms with Crippen LogP contribution in [0.15, 0.2) is 30.3 Å². The smallest absolute Gasteiger partial charge is 0.325 e. The number of nitrogens with zero attached hydrogens (tertiary/aromatic N) is 1. The van der Waals surface area contributed by atoms with Crippen LogP contribution in [-0.2, 0) is 9.53 Å². The zero-order chi connectivity index (χ0) is 14.6. The van der Waals surface area contributed by atoms with Crippen molar-refractivity contribution in [2.45, 2.75) is 38.3 Å². The number of esters is 1. The van der Waals surface area contributed by atoms with Crippen LogP contribution >= 0.6 is 0 Å². The molecular formula is C16H24N2O2. The van der Waals surface area contributed by atoms with E-state index in [4.69, 9.17) is 4.74 Å². The monoisotopic (exact) mass is 276 g/mol. The van der Waals surface area contributed by atoms with E-state index in [0.29, 0.717) is 6.04 Å². The first-order chi connectivity index (χ1) is 9.53. The van der Waals surface area contributed by atoms with E-state index in [9.17, 15) is 4.79 Å². The molecule has 0 spiro atoms. The molecule has 1 aromatic rings. The number of carbonyl (C=O) groups excluding carboxylic acids is 1. The van der Waals surface area contributed by atoms with E-state index in [1.54, 1.807) is 0 Å². The molecule has 1 N–H and O–H groups in total. The highest BCUT2D eigenvalue weighted by Crippen LogP contribution is 2.21. The van der Waals surface area contributed by atoms with Crippen LogP contribution < -0.4 is 10.2 Å². The van der Waals surface area contributed by atoms with Gasteiger partial charge in [-0.05, 0) is 38.8 Å². The van der Waals surface area contributed by atoms with Gasteiger partial charge in [-0.15, -0.1) is 0 Å². The zero-order valence-electron chi connectivity index (χ0n) is 12.6. The third-order valence-corrected chi connectivity index (χ3v) is 3.88. The summed E-state index contributed by atoms with van der Waals surface area (Å²) in [6, 6.07) is 10.8. The largest absolute Gasteiger partial charge is 0.468 e. The average molecular weight is 276 g/mol. The summed E-state index contributed by atoms with van der Waals surface area (Å²) >= 11 is 0. The van der Waals surface area contributed by atoms with Gasteiger partial charge in [-0.2, -0.15) is 0 Å². The van der Waals surface area contributed by atoms with Crippen LogP contribution in [0.5, 0.6) is 0 Å². The molecule has 0 aliphatic carbocycles. The number of hydrogen-bond donors (Lipinski definition) is 1. The minimum absolute atomic E-state index is 0.206. The molecular weight excluding hydrogens is 252 g/mol. The highest BCUT2D eigenvalue weighted by atomic mass is 16.5. The van der Waals surface area contributed by atoms with Crippen molar-refractivity contribution in [3.63, 3.8) is 0 Å². The van der Waals surface area contributed by atoms with Gasteiger partial charge < -0.3 is 9.64 Å². The Bertz CT molecular complexity index is 437. The van der Waals surface area contributed by atoms with Crippen molar-refractivity contribution in [3.8, 4) is 0 Å². The molecule has 110 valence electrons. The third kappa shape index (κ3) is 3.51. The van der Waals surface area contributed by atoms with E-state index < -0.39 is 5.54 Å². The zero-order valence-corrected chi connectivity index (χ0v) is 12.6. The van der Waals surface area contributed by atoms with Gasteiger partial charge in [-0.3, -0.25) is 10.1 Å². The number of nitrogens with one attached hydrogen (secondary N) is 1. The maximum Gasteiger partial charge on any atom is 0.325 e. The summed E-state index contributed by atoms with van der Waals surface area (Å²) in [6.07, 6.45) is 2.07. The number of piperidine rings is 1. The van der Waals surface area contributed by atoms with Crippen molar-refractivity contribution < 1.29 is 9.53 Å². The summed E-state index contributed by atoms with van der Waals surface area (Å²) < 4.78 is 4.84. The predicted molar refractivity (Wildman–Crippen MR) is 80.9 cm³/mol. The van der Waals surface area contributed by atoms with E-state index in [1.165, 1.54) is 12.8 Å². The van der Waals surface area contributed by atoms with Crippen LogP contribution in [0.4, 0.5) is 5.69 Å². The minimum Gasteiger partial charge on any atom is -0.468 e. The molecule has 1 aliphatic heterocycles.